The van der Waals surface area contributed by atoms with E-state index in [2.05, 4.69) is 21.3 Å². The Bertz CT molecular complexity index is 6510. The van der Waals surface area contributed by atoms with E-state index >= 15 is 0 Å². The number of phenolic OH excluding ortho intramolecular Hbond substituents is 5. The molecule has 9 N–H and O–H groups in total. The molecule has 0 aliphatic rings. The smallest absolute Gasteiger partial charge is 0.311 e. The lowest BCUT2D eigenvalue weighted by molar-refractivity contribution is -0.385. The van der Waals surface area contributed by atoms with Crippen LogP contribution in [0.25, 0.3) is 48.6 Å². The van der Waals surface area contributed by atoms with Gasteiger partial charge in [0.15, 0.2) is 144 Å². The summed E-state index contributed by atoms with van der Waals surface area (Å²) in [6.45, 7) is 0. The summed E-state index contributed by atoms with van der Waals surface area (Å²) in [7, 11) is 29.7. The van der Waals surface area contributed by atoms with Crippen LogP contribution in [0.15, 0.2) is 219 Å². The summed E-state index contributed by atoms with van der Waals surface area (Å²) in [6.07, 6.45) is 25.1. The summed E-state index contributed by atoms with van der Waals surface area (Å²) in [5, 5.41) is 75.3. The third-order valence-corrected chi connectivity index (χ3v) is 22.0. The van der Waals surface area contributed by atoms with Crippen LogP contribution in [0.2, 0.25) is 5.02 Å². The molecule has 0 fully saturated rings. The molecule has 12 aromatic rings. The Morgan fingerprint density at radius 2 is 0.467 bits per heavy atom. The molecule has 0 saturated carbocycles. The highest BCUT2D eigenvalue weighted by atomic mass is 35.5. The normalized spacial score (nSPS) is 10.9. The maximum Gasteiger partial charge on any atom is 0.311 e. The molecule has 0 heterocycles. The maximum atomic E-state index is 13.9. The average molecular weight is 2080 g/mol. The Hall–Kier alpha value is -18.9. The fourth-order valence-corrected chi connectivity index (χ4v) is 14.7. The van der Waals surface area contributed by atoms with Gasteiger partial charge in [0.25, 0.3) is 0 Å². The number of allylic oxidation sites excluding steroid dienone is 4. The van der Waals surface area contributed by atoms with Crippen molar-refractivity contribution in [1.29, 1.82) is 0 Å². The lowest BCUT2D eigenvalue weighted by atomic mass is 10.1. The Balaban J connectivity index is 0.000000222. The monoisotopic (exact) mass is 2080 g/mol. The number of ketones is 4. The lowest BCUT2D eigenvalue weighted by Gasteiger charge is -2.13. The van der Waals surface area contributed by atoms with E-state index in [9.17, 15) is 59.2 Å². The molecule has 0 aliphatic carbocycles. The zero-order valence-corrected chi connectivity index (χ0v) is 86.2. The van der Waals surface area contributed by atoms with Crippen molar-refractivity contribution in [2.45, 2.75) is 0 Å². The molecular formula is C112H113ClFN5O31. The first-order valence-corrected chi connectivity index (χ1v) is 45.0. The molecule has 0 spiro atoms. The van der Waals surface area contributed by atoms with Crippen molar-refractivity contribution in [2.75, 3.05) is 163 Å². The van der Waals surface area contributed by atoms with Crippen LogP contribution in [0, 0.1) is 15.9 Å². The number of nitrogens with one attached hydrogen (secondary N) is 4. The molecule has 12 aromatic carbocycles. The highest BCUT2D eigenvalue weighted by Gasteiger charge is 2.24. The summed E-state index contributed by atoms with van der Waals surface area (Å²) in [5.41, 5.74) is 8.05. The molecule has 0 unspecified atom stereocenters. The van der Waals surface area contributed by atoms with Crippen LogP contribution in [0.5, 0.6) is 144 Å². The van der Waals surface area contributed by atoms with Crippen molar-refractivity contribution < 1.29 is 149 Å². The molecule has 38 heteroatoms. The van der Waals surface area contributed by atoms with E-state index < -0.39 is 22.3 Å². The maximum absolute atomic E-state index is 13.9. The van der Waals surface area contributed by atoms with Crippen LogP contribution >= 0.6 is 11.6 Å². The molecule has 0 amide bonds. The zero-order valence-electron chi connectivity index (χ0n) is 85.5. The Labute approximate surface area is 869 Å². The van der Waals surface area contributed by atoms with Gasteiger partial charge in [0.1, 0.15) is 5.75 Å². The number of benzene rings is 12. The van der Waals surface area contributed by atoms with Gasteiger partial charge in [-0.25, -0.2) is 4.39 Å². The van der Waals surface area contributed by atoms with Crippen molar-refractivity contribution in [2.24, 2.45) is 0 Å². The van der Waals surface area contributed by atoms with Crippen LogP contribution in [0.4, 0.5) is 32.8 Å². The summed E-state index contributed by atoms with van der Waals surface area (Å²) in [5.74, 6) is 5.02. The number of nitro benzene ring substituents is 1. The predicted octanol–water partition coefficient (Wildman–Crippen LogP) is 22.1. The standard InChI is InChI=1S/C28H28ClNO7.C28H28FNO7.C28H28N2O9.C28H29NO8/c2*1-33-24-9-8-19(16-20(24)29)22(31)10-11-30-21-12-17(13-23(32)27(21)36-4)6-7-18-14-25(34-2)28(37-5)26(15-18)35-3;1-35-24-9-8-19(16-21(24)30(33)34)22(31)10-11-29-20-12-17(13-23(32)27(20)38-4)6-7-18-14-25(36-2)28(39-5)26(15-18)37-3;1-33-24-9-8-19(16-22(24)31)21(30)10-11-29-20-12-17(13-23(32)27(20)36-4)6-7-18-14-25(34-2)28(37-5)26(15-18)35-3/h2*6-16,30,32H,1-5H3;6-16,29,32H,1-5H3;6-16,29,31-32H,1-5H3/b4*7-6-,11-10-. The number of nitrogens with zero attached hydrogens (tertiary/aromatic N) is 1. The van der Waals surface area contributed by atoms with Crippen molar-refractivity contribution in [3.05, 3.63) is 307 Å². The van der Waals surface area contributed by atoms with Crippen LogP contribution in [-0.4, -0.2) is 196 Å². The number of anilines is 4. The number of hydrogen-bond donors (Lipinski definition) is 9. The Kier molecular flexibility index (Phi) is 43.1. The lowest BCUT2D eigenvalue weighted by Crippen LogP contribution is -2.00. The number of rotatable bonds is 45. The van der Waals surface area contributed by atoms with Crippen molar-refractivity contribution >= 4 is 112 Å². The van der Waals surface area contributed by atoms with E-state index in [0.717, 1.165) is 34.4 Å². The molecule has 36 nitrogen and oxygen atoms in total. The van der Waals surface area contributed by atoms with Gasteiger partial charge in [0, 0.05) is 77.4 Å². The van der Waals surface area contributed by atoms with E-state index in [1.807, 2.05) is 18.2 Å². The first-order chi connectivity index (χ1) is 72.3. The zero-order chi connectivity index (χ0) is 109. The van der Waals surface area contributed by atoms with Gasteiger partial charge in [-0.05, 0) is 208 Å². The fourth-order valence-electron chi connectivity index (χ4n) is 14.5. The molecule has 150 heavy (non-hydrogen) atoms. The van der Waals surface area contributed by atoms with Crippen LogP contribution in [0.1, 0.15) is 85.9 Å². The number of nitro groups is 1. The molecular weight excluding hydrogens is 1970 g/mol. The second-order valence-corrected chi connectivity index (χ2v) is 31.2. The molecule has 0 aliphatic heterocycles. The second-order valence-electron chi connectivity index (χ2n) is 30.7. The SMILES string of the molecule is COc1ccc(C(=O)/C=C\Nc2cc(/C=C\c3cc(OC)c(OC)c(OC)c3)cc(O)c2OC)cc1Cl.COc1ccc(C(=O)/C=C\Nc2cc(/C=C\c3cc(OC)c(OC)c(OC)c3)cc(O)c2OC)cc1F.COc1ccc(C(=O)/C=C\Nc2cc(/C=C\c3cc(OC)c(OC)c(OC)c3)cc(O)c2OC)cc1O.COc1ccc(C(=O)/C=C\Nc2cc(/C=C\c3cc(OC)c(OC)c(OC)c3)cc(O)c2OC)cc1[N+](=O)[O-]. The van der Waals surface area contributed by atoms with Gasteiger partial charge in [-0.1, -0.05) is 60.2 Å². The first-order valence-electron chi connectivity index (χ1n) is 44.6. The summed E-state index contributed by atoms with van der Waals surface area (Å²) in [6, 6.07) is 44.5. The number of carbonyl (C=O) groups excluding carboxylic acids is 4. The van der Waals surface area contributed by atoms with Crippen LogP contribution < -0.4 is 116 Å². The predicted molar refractivity (Wildman–Crippen MR) is 572 cm³/mol. The number of hydrogen-bond acceptors (Lipinski definition) is 35. The minimum absolute atomic E-state index is 0.0512. The van der Waals surface area contributed by atoms with Crippen molar-refractivity contribution in [1.82, 2.24) is 0 Å². The van der Waals surface area contributed by atoms with Gasteiger partial charge in [0.05, 0.1) is 175 Å². The van der Waals surface area contributed by atoms with E-state index in [1.54, 1.807) is 169 Å². The second kappa shape index (κ2) is 56.4. The van der Waals surface area contributed by atoms with E-state index in [-0.39, 0.29) is 103 Å². The topological polar surface area (TPSA) is 445 Å². The third kappa shape index (κ3) is 30.1. The van der Waals surface area contributed by atoms with Crippen molar-refractivity contribution in [3.8, 4) is 144 Å². The number of phenols is 5. The van der Waals surface area contributed by atoms with E-state index in [1.165, 1.54) is 210 Å². The highest BCUT2D eigenvalue weighted by molar-refractivity contribution is 6.32. The number of carbonyl (C=O) groups is 4. The van der Waals surface area contributed by atoms with E-state index in [4.69, 9.17) is 106 Å². The largest absolute Gasteiger partial charge is 0.504 e. The van der Waals surface area contributed by atoms with Gasteiger partial charge in [-0.2, -0.15) is 0 Å². The minimum atomic E-state index is -0.632. The minimum Gasteiger partial charge on any atom is -0.504 e. The summed E-state index contributed by atoms with van der Waals surface area (Å²) < 4.78 is 120. The highest BCUT2D eigenvalue weighted by Crippen LogP contribution is 2.47. The summed E-state index contributed by atoms with van der Waals surface area (Å²) >= 11 is 6.11. The Morgan fingerprint density at radius 3 is 0.687 bits per heavy atom. The van der Waals surface area contributed by atoms with Crippen LogP contribution in [0.3, 0.4) is 0 Å². The quantitative estimate of drug-likeness (QED) is 0.00563. The molecule has 0 saturated heterocycles. The van der Waals surface area contributed by atoms with Gasteiger partial charge in [0.2, 0.25) is 23.0 Å². The number of methoxy groups -OCH3 is 20. The third-order valence-electron chi connectivity index (χ3n) is 21.7. The molecule has 0 aromatic heterocycles. The molecule has 0 radical (unpaired) electrons. The molecule has 0 bridgehead atoms. The van der Waals surface area contributed by atoms with Gasteiger partial charge < -0.3 is 142 Å². The molecule has 786 valence electrons. The van der Waals surface area contributed by atoms with Gasteiger partial charge in [-0.3, -0.25) is 29.3 Å². The van der Waals surface area contributed by atoms with E-state index in [0.29, 0.717) is 130 Å². The van der Waals surface area contributed by atoms with Crippen molar-refractivity contribution in [3.63, 3.8) is 0 Å². The number of aromatic hydroxyl groups is 5. The van der Waals surface area contributed by atoms with Gasteiger partial charge in [-0.15, -0.1) is 0 Å². The Morgan fingerprint density at radius 1 is 0.253 bits per heavy atom. The average Bonchev–Trinajstić information content (AvgIpc) is 0.818. The van der Waals surface area contributed by atoms with Gasteiger partial charge >= 0.3 is 5.69 Å². The molecule has 0 atom stereocenters. The van der Waals surface area contributed by atoms with Crippen LogP contribution in [-0.2, 0) is 0 Å². The summed E-state index contributed by atoms with van der Waals surface area (Å²) in [4.78, 5) is 60.7. The number of halogens is 2. The fraction of sp³-hybridized carbons (Fsp3) is 0.179. The molecule has 12 rings (SSSR count). The number of ether oxygens (including phenoxy) is 20. The first kappa shape index (κ1) is 115.